The number of ketones is 1. The summed E-state index contributed by atoms with van der Waals surface area (Å²) >= 11 is 0. The van der Waals surface area contributed by atoms with Crippen LogP contribution in [0, 0.1) is 17.7 Å². The van der Waals surface area contributed by atoms with Crippen molar-refractivity contribution in [2.75, 3.05) is 18.5 Å². The van der Waals surface area contributed by atoms with Gasteiger partial charge in [0.15, 0.2) is 12.4 Å². The Morgan fingerprint density at radius 2 is 1.78 bits per heavy atom. The van der Waals surface area contributed by atoms with Crippen LogP contribution < -0.4 is 21.3 Å². The fourth-order valence-electron chi connectivity index (χ4n) is 3.64. The van der Waals surface area contributed by atoms with Crippen molar-refractivity contribution in [3.05, 3.63) is 30.1 Å². The number of para-hydroxylation sites is 1. The molecular weight excluding hydrogens is 475 g/mol. The molecule has 0 bridgehead atoms. The Kier molecular flexibility index (Phi) is 10.5. The van der Waals surface area contributed by atoms with E-state index >= 15 is 0 Å². The highest BCUT2D eigenvalue weighted by molar-refractivity contribution is 6.40. The average molecular weight is 507 g/mol. The second kappa shape index (κ2) is 13.3. The normalized spacial score (nSPS) is 16.5. The van der Waals surface area contributed by atoms with Gasteiger partial charge in [0.05, 0.1) is 11.7 Å². The Bertz CT molecular complexity index is 1010. The number of ether oxygens (including phenoxy) is 1. The van der Waals surface area contributed by atoms with Crippen molar-refractivity contribution >= 4 is 41.1 Å². The maximum atomic E-state index is 13.8. The number of carbonyl (C=O) groups is 6. The highest BCUT2D eigenvalue weighted by atomic mass is 19.1. The molecule has 0 spiro atoms. The lowest BCUT2D eigenvalue weighted by atomic mass is 9.95. The third-order valence-corrected chi connectivity index (χ3v) is 5.46. The monoisotopic (exact) mass is 506 g/mol. The summed E-state index contributed by atoms with van der Waals surface area (Å²) in [5.74, 6) is -6.01. The molecule has 0 unspecified atom stereocenters. The lowest BCUT2D eigenvalue weighted by Crippen LogP contribution is -2.54. The van der Waals surface area contributed by atoms with Gasteiger partial charge >= 0.3 is 17.8 Å². The maximum Gasteiger partial charge on any atom is 0.313 e. The molecule has 11 nitrogen and oxygen atoms in total. The molecule has 2 rings (SSSR count). The van der Waals surface area contributed by atoms with Crippen LogP contribution in [0.25, 0.3) is 0 Å². The number of nitrogens with one attached hydrogen (secondary N) is 4. The molecule has 4 N–H and O–H groups in total. The van der Waals surface area contributed by atoms with Crippen molar-refractivity contribution in [3.63, 3.8) is 0 Å². The van der Waals surface area contributed by atoms with Gasteiger partial charge < -0.3 is 26.0 Å². The summed E-state index contributed by atoms with van der Waals surface area (Å²) in [6, 6.07) is 2.91. The first-order chi connectivity index (χ1) is 17.0. The molecule has 0 aliphatic carbocycles. The second-order valence-corrected chi connectivity index (χ2v) is 8.91. The van der Waals surface area contributed by atoms with E-state index in [0.717, 1.165) is 13.0 Å². The Morgan fingerprint density at radius 3 is 2.36 bits per heavy atom. The quantitative estimate of drug-likeness (QED) is 0.250. The van der Waals surface area contributed by atoms with Gasteiger partial charge in [-0.15, -0.1) is 0 Å². The van der Waals surface area contributed by atoms with Gasteiger partial charge in [-0.3, -0.25) is 28.8 Å². The SMILES string of the molecule is CC(=O)OCC(=O)[C@H](C[C@@H]1CCNC1=O)NC(=O)[C@H](CC(C)C)NC(=O)C(=O)Nc1ccccc1F. The van der Waals surface area contributed by atoms with Crippen molar-refractivity contribution in [3.8, 4) is 0 Å². The maximum absolute atomic E-state index is 13.8. The zero-order valence-corrected chi connectivity index (χ0v) is 20.4. The number of hydrogen-bond acceptors (Lipinski definition) is 7. The molecule has 196 valence electrons. The van der Waals surface area contributed by atoms with E-state index in [1.807, 2.05) is 0 Å². The molecular formula is C24H31FN4O7. The summed E-state index contributed by atoms with van der Waals surface area (Å²) < 4.78 is 18.6. The first kappa shape index (κ1) is 28.4. The van der Waals surface area contributed by atoms with E-state index in [-0.39, 0.29) is 30.4 Å². The predicted molar refractivity (Wildman–Crippen MR) is 126 cm³/mol. The summed E-state index contributed by atoms with van der Waals surface area (Å²) in [5.41, 5.74) is -0.200. The van der Waals surface area contributed by atoms with Crippen molar-refractivity contribution in [2.24, 2.45) is 11.8 Å². The number of Topliss-reactive ketones (excluding diaryl/α,β-unsaturated/α-hetero) is 1. The van der Waals surface area contributed by atoms with E-state index in [9.17, 15) is 33.2 Å². The van der Waals surface area contributed by atoms with Crippen LogP contribution in [0.4, 0.5) is 10.1 Å². The molecule has 1 aliphatic rings. The summed E-state index contributed by atoms with van der Waals surface area (Å²) in [6.07, 6.45) is 0.571. The van der Waals surface area contributed by atoms with E-state index in [0.29, 0.717) is 13.0 Å². The smallest absolute Gasteiger partial charge is 0.313 e. The molecule has 12 heteroatoms. The minimum absolute atomic E-state index is 0.0201. The molecule has 1 saturated heterocycles. The zero-order valence-electron chi connectivity index (χ0n) is 20.4. The van der Waals surface area contributed by atoms with E-state index in [2.05, 4.69) is 21.3 Å². The van der Waals surface area contributed by atoms with Crippen LogP contribution in [0.3, 0.4) is 0 Å². The lowest BCUT2D eigenvalue weighted by molar-refractivity contribution is -0.147. The summed E-state index contributed by atoms with van der Waals surface area (Å²) in [5, 5.41) is 9.65. The van der Waals surface area contributed by atoms with Crippen LogP contribution in [0.2, 0.25) is 0 Å². The lowest BCUT2D eigenvalue weighted by Gasteiger charge is -2.25. The largest absolute Gasteiger partial charge is 0.458 e. The van der Waals surface area contributed by atoms with Gasteiger partial charge in [-0.1, -0.05) is 26.0 Å². The van der Waals surface area contributed by atoms with Gasteiger partial charge in [-0.05, 0) is 37.3 Å². The highest BCUT2D eigenvalue weighted by Crippen LogP contribution is 2.18. The number of halogens is 1. The molecule has 3 atom stereocenters. The van der Waals surface area contributed by atoms with Crippen molar-refractivity contribution in [1.82, 2.24) is 16.0 Å². The minimum atomic E-state index is -1.20. The molecule has 1 aromatic carbocycles. The minimum Gasteiger partial charge on any atom is -0.458 e. The number of benzene rings is 1. The molecule has 0 saturated carbocycles. The van der Waals surface area contributed by atoms with Crippen LogP contribution in [0.1, 0.15) is 40.0 Å². The zero-order chi connectivity index (χ0) is 26.8. The number of esters is 1. The predicted octanol–water partition coefficient (Wildman–Crippen LogP) is 0.438. The van der Waals surface area contributed by atoms with Crippen LogP contribution >= 0.6 is 0 Å². The Morgan fingerprint density at radius 1 is 1.08 bits per heavy atom. The standard InChI is InChI=1S/C24H31FN4O7/c1-13(2)10-19(29-24(35)23(34)27-17-7-5-4-6-16(17)25)22(33)28-18(20(31)12-36-14(3)30)11-15-8-9-26-21(15)32/h4-7,13,15,18-19H,8-12H2,1-3H3,(H,26,32)(H,27,34)(H,28,33)(H,29,35)/t15-,18-,19-/m0/s1. The van der Waals surface area contributed by atoms with E-state index < -0.39 is 59.9 Å². The van der Waals surface area contributed by atoms with Crippen LogP contribution in [0.5, 0.6) is 0 Å². The molecule has 1 heterocycles. The van der Waals surface area contributed by atoms with Gasteiger partial charge in [-0.2, -0.15) is 0 Å². The third-order valence-electron chi connectivity index (χ3n) is 5.46. The first-order valence-electron chi connectivity index (χ1n) is 11.6. The van der Waals surface area contributed by atoms with Gasteiger partial charge in [0.2, 0.25) is 11.8 Å². The van der Waals surface area contributed by atoms with Gasteiger partial charge in [0.25, 0.3) is 0 Å². The molecule has 36 heavy (non-hydrogen) atoms. The fraction of sp³-hybridized carbons (Fsp3) is 0.500. The van der Waals surface area contributed by atoms with Crippen LogP contribution in [-0.2, 0) is 33.5 Å². The van der Waals surface area contributed by atoms with E-state index in [4.69, 9.17) is 4.74 Å². The molecule has 1 aromatic rings. The summed E-state index contributed by atoms with van der Waals surface area (Å²) in [4.78, 5) is 73.6. The van der Waals surface area contributed by atoms with Gasteiger partial charge in [-0.25, -0.2) is 4.39 Å². The number of carbonyl (C=O) groups excluding carboxylic acids is 6. The number of anilines is 1. The second-order valence-electron chi connectivity index (χ2n) is 8.91. The number of rotatable bonds is 11. The Balaban J connectivity index is 2.12. The van der Waals surface area contributed by atoms with E-state index in [1.165, 1.54) is 18.2 Å². The number of hydrogen-bond donors (Lipinski definition) is 4. The summed E-state index contributed by atoms with van der Waals surface area (Å²) in [6.45, 7) is 4.55. The third kappa shape index (κ3) is 8.75. The van der Waals surface area contributed by atoms with Gasteiger partial charge in [0, 0.05) is 19.4 Å². The van der Waals surface area contributed by atoms with Gasteiger partial charge in [0.1, 0.15) is 11.9 Å². The Labute approximate surface area is 207 Å². The molecule has 1 aliphatic heterocycles. The van der Waals surface area contributed by atoms with Crippen molar-refractivity contribution in [2.45, 2.75) is 52.1 Å². The molecule has 1 fully saturated rings. The summed E-state index contributed by atoms with van der Waals surface area (Å²) in [7, 11) is 0. The van der Waals surface area contributed by atoms with Crippen LogP contribution in [-0.4, -0.2) is 60.6 Å². The van der Waals surface area contributed by atoms with Crippen LogP contribution in [0.15, 0.2) is 24.3 Å². The number of amides is 4. The fourth-order valence-corrected chi connectivity index (χ4v) is 3.64. The van der Waals surface area contributed by atoms with Crippen molar-refractivity contribution < 1.29 is 37.9 Å². The molecule has 4 amide bonds. The Hall–Kier alpha value is -3.83. The molecule has 0 radical (unpaired) electrons. The van der Waals surface area contributed by atoms with E-state index in [1.54, 1.807) is 13.8 Å². The first-order valence-corrected chi connectivity index (χ1v) is 11.6. The average Bonchev–Trinajstić information content (AvgIpc) is 3.21. The molecule has 0 aromatic heterocycles. The topological polar surface area (TPSA) is 160 Å². The highest BCUT2D eigenvalue weighted by Gasteiger charge is 2.34. The van der Waals surface area contributed by atoms with Crippen molar-refractivity contribution in [1.29, 1.82) is 0 Å².